The molecule has 0 saturated carbocycles. The van der Waals surface area contributed by atoms with Crippen LogP contribution >= 0.6 is 0 Å². The second-order valence-electron chi connectivity index (χ2n) is 4.88. The third-order valence-electron chi connectivity index (χ3n) is 3.36. The summed E-state index contributed by atoms with van der Waals surface area (Å²) in [4.78, 5) is 23.8. The monoisotopic (exact) mass is 304 g/mol. The van der Waals surface area contributed by atoms with E-state index in [-0.39, 0.29) is 12.5 Å². The van der Waals surface area contributed by atoms with Gasteiger partial charge in [-0.3, -0.25) is 4.79 Å². The number of hydrogen-bond donors (Lipinski definition) is 1. The van der Waals surface area contributed by atoms with Crippen LogP contribution in [0.1, 0.15) is 16.8 Å². The molecule has 0 aliphatic heterocycles. The summed E-state index contributed by atoms with van der Waals surface area (Å²) in [5, 5.41) is 3.61. The molecule has 0 aliphatic carbocycles. The molecule has 0 bridgehead atoms. The maximum absolute atomic E-state index is 12.0. The van der Waals surface area contributed by atoms with Crippen molar-refractivity contribution in [2.75, 3.05) is 27.4 Å². The number of aromatic nitrogens is 1. The van der Waals surface area contributed by atoms with Gasteiger partial charge in [-0.25, -0.2) is 4.79 Å². The zero-order valence-corrected chi connectivity index (χ0v) is 12.8. The zero-order chi connectivity index (χ0) is 15.9. The average Bonchev–Trinajstić information content (AvgIpc) is 2.90. The number of carbonyl (C=O) groups excluding carboxylic acids is 2. The van der Waals surface area contributed by atoms with Crippen molar-refractivity contribution < 1.29 is 19.1 Å². The van der Waals surface area contributed by atoms with Crippen molar-refractivity contribution >= 4 is 22.8 Å². The van der Waals surface area contributed by atoms with E-state index < -0.39 is 5.97 Å². The summed E-state index contributed by atoms with van der Waals surface area (Å²) in [5.41, 5.74) is 1.29. The average molecular weight is 304 g/mol. The minimum atomic E-state index is -0.407. The number of rotatable bonds is 7. The van der Waals surface area contributed by atoms with Gasteiger partial charge in [-0.05, 0) is 12.5 Å². The Hall–Kier alpha value is -2.34. The van der Waals surface area contributed by atoms with Crippen LogP contribution in [0.5, 0.6) is 0 Å². The van der Waals surface area contributed by atoms with Crippen molar-refractivity contribution in [1.82, 2.24) is 9.88 Å². The van der Waals surface area contributed by atoms with Gasteiger partial charge in [-0.2, -0.15) is 0 Å². The van der Waals surface area contributed by atoms with Crippen molar-refractivity contribution in [1.29, 1.82) is 0 Å². The van der Waals surface area contributed by atoms with E-state index in [1.54, 1.807) is 17.9 Å². The first kappa shape index (κ1) is 16.0. The Morgan fingerprint density at radius 1 is 1.23 bits per heavy atom. The van der Waals surface area contributed by atoms with E-state index >= 15 is 0 Å². The number of benzene rings is 1. The fourth-order valence-corrected chi connectivity index (χ4v) is 2.31. The Labute approximate surface area is 129 Å². The molecule has 1 amide bonds. The van der Waals surface area contributed by atoms with Crippen LogP contribution in [0.2, 0.25) is 0 Å². The van der Waals surface area contributed by atoms with Gasteiger partial charge in [-0.15, -0.1) is 0 Å². The van der Waals surface area contributed by atoms with Gasteiger partial charge in [0.05, 0.1) is 12.7 Å². The molecule has 22 heavy (non-hydrogen) atoms. The Morgan fingerprint density at radius 3 is 2.73 bits per heavy atom. The molecule has 118 valence electrons. The molecule has 1 aromatic heterocycles. The summed E-state index contributed by atoms with van der Waals surface area (Å²) in [6, 6.07) is 7.44. The standard InChI is InChI=1S/C16H20N2O4/c1-21-9-5-8-17-15(19)11-18-10-13(16(20)22-2)12-6-3-4-7-14(12)18/h3-4,6-7,10H,5,8-9,11H2,1-2H3,(H,17,19). The minimum absolute atomic E-state index is 0.103. The summed E-state index contributed by atoms with van der Waals surface area (Å²) >= 11 is 0. The largest absolute Gasteiger partial charge is 0.465 e. The van der Waals surface area contributed by atoms with Gasteiger partial charge in [0.2, 0.25) is 5.91 Å². The lowest BCUT2D eigenvalue weighted by atomic mass is 10.2. The van der Waals surface area contributed by atoms with Gasteiger partial charge < -0.3 is 19.4 Å². The highest BCUT2D eigenvalue weighted by molar-refractivity contribution is 6.04. The summed E-state index contributed by atoms with van der Waals surface area (Å²) in [6.07, 6.45) is 2.42. The molecule has 0 spiro atoms. The van der Waals surface area contributed by atoms with Crippen LogP contribution in [0, 0.1) is 0 Å². The third-order valence-corrected chi connectivity index (χ3v) is 3.36. The Bertz CT molecular complexity index is 663. The number of esters is 1. The number of nitrogens with zero attached hydrogens (tertiary/aromatic N) is 1. The molecule has 0 atom stereocenters. The van der Waals surface area contributed by atoms with Gasteiger partial charge in [0, 0.05) is 37.4 Å². The maximum Gasteiger partial charge on any atom is 0.340 e. The number of nitrogens with one attached hydrogen (secondary N) is 1. The lowest BCUT2D eigenvalue weighted by Gasteiger charge is -2.07. The summed E-state index contributed by atoms with van der Waals surface area (Å²) in [7, 11) is 2.97. The van der Waals surface area contributed by atoms with Crippen LogP contribution in [0.25, 0.3) is 10.9 Å². The molecule has 2 rings (SSSR count). The molecule has 0 saturated heterocycles. The maximum atomic E-state index is 12.0. The zero-order valence-electron chi connectivity index (χ0n) is 12.8. The van der Waals surface area contributed by atoms with Crippen molar-refractivity contribution in [3.05, 3.63) is 36.0 Å². The van der Waals surface area contributed by atoms with E-state index in [2.05, 4.69) is 5.32 Å². The van der Waals surface area contributed by atoms with E-state index in [9.17, 15) is 9.59 Å². The number of hydrogen-bond acceptors (Lipinski definition) is 4. The highest BCUT2D eigenvalue weighted by atomic mass is 16.5. The number of methoxy groups -OCH3 is 2. The van der Waals surface area contributed by atoms with Gasteiger partial charge in [0.1, 0.15) is 6.54 Å². The predicted octanol–water partition coefficient (Wildman–Crippen LogP) is 1.58. The summed E-state index contributed by atoms with van der Waals surface area (Å²) in [6.45, 7) is 1.33. The second kappa shape index (κ2) is 7.61. The van der Waals surface area contributed by atoms with Gasteiger partial charge in [-0.1, -0.05) is 18.2 Å². The molecule has 1 heterocycles. The Balaban J connectivity index is 2.14. The van der Waals surface area contributed by atoms with Crippen molar-refractivity contribution in [2.24, 2.45) is 0 Å². The summed E-state index contributed by atoms with van der Waals surface area (Å²) in [5.74, 6) is -0.510. The van der Waals surface area contributed by atoms with Crippen molar-refractivity contribution in [2.45, 2.75) is 13.0 Å². The SMILES string of the molecule is COCCCNC(=O)Cn1cc(C(=O)OC)c2ccccc21. The van der Waals surface area contributed by atoms with Crippen LogP contribution in [-0.2, 0) is 20.8 Å². The van der Waals surface area contributed by atoms with Gasteiger partial charge in [0.15, 0.2) is 0 Å². The summed E-state index contributed by atoms with van der Waals surface area (Å²) < 4.78 is 11.5. The second-order valence-corrected chi connectivity index (χ2v) is 4.88. The number of ether oxygens (including phenoxy) is 2. The number of amides is 1. The predicted molar refractivity (Wildman–Crippen MR) is 82.8 cm³/mol. The minimum Gasteiger partial charge on any atom is -0.465 e. The fraction of sp³-hybridized carbons (Fsp3) is 0.375. The van der Waals surface area contributed by atoms with E-state index in [0.717, 1.165) is 17.3 Å². The highest BCUT2D eigenvalue weighted by Crippen LogP contribution is 2.21. The van der Waals surface area contributed by atoms with Gasteiger partial charge >= 0.3 is 5.97 Å². The first-order valence-corrected chi connectivity index (χ1v) is 7.09. The highest BCUT2D eigenvalue weighted by Gasteiger charge is 2.16. The molecule has 0 unspecified atom stereocenters. The quantitative estimate of drug-likeness (QED) is 0.623. The van der Waals surface area contributed by atoms with Crippen LogP contribution in [0.3, 0.4) is 0 Å². The number of fused-ring (bicyclic) bond motifs is 1. The third kappa shape index (κ3) is 3.65. The number of para-hydroxylation sites is 1. The topological polar surface area (TPSA) is 69.6 Å². The van der Waals surface area contributed by atoms with E-state index in [1.807, 2.05) is 24.3 Å². The Kier molecular flexibility index (Phi) is 5.55. The fourth-order valence-electron chi connectivity index (χ4n) is 2.31. The van der Waals surface area contributed by atoms with Crippen LogP contribution in [0.4, 0.5) is 0 Å². The molecule has 2 aromatic rings. The lowest BCUT2D eigenvalue weighted by Crippen LogP contribution is -2.28. The molecule has 1 aromatic carbocycles. The van der Waals surface area contributed by atoms with Crippen LogP contribution in [0.15, 0.2) is 30.5 Å². The molecule has 6 heteroatoms. The molecule has 1 N–H and O–H groups in total. The van der Waals surface area contributed by atoms with E-state index in [0.29, 0.717) is 18.7 Å². The van der Waals surface area contributed by atoms with Crippen molar-refractivity contribution in [3.63, 3.8) is 0 Å². The molecular formula is C16H20N2O4. The van der Waals surface area contributed by atoms with Crippen LogP contribution < -0.4 is 5.32 Å². The lowest BCUT2D eigenvalue weighted by molar-refractivity contribution is -0.121. The smallest absolute Gasteiger partial charge is 0.340 e. The van der Waals surface area contributed by atoms with Crippen molar-refractivity contribution in [3.8, 4) is 0 Å². The van der Waals surface area contributed by atoms with E-state index in [1.165, 1.54) is 7.11 Å². The molecular weight excluding hydrogens is 284 g/mol. The first-order valence-electron chi connectivity index (χ1n) is 7.09. The molecule has 0 fully saturated rings. The Morgan fingerprint density at radius 2 is 2.00 bits per heavy atom. The van der Waals surface area contributed by atoms with Crippen LogP contribution in [-0.4, -0.2) is 43.8 Å². The molecule has 6 nitrogen and oxygen atoms in total. The normalized spacial score (nSPS) is 10.6. The van der Waals surface area contributed by atoms with Gasteiger partial charge in [0.25, 0.3) is 0 Å². The first-order chi connectivity index (χ1) is 10.7. The molecule has 0 radical (unpaired) electrons. The molecule has 0 aliphatic rings. The van der Waals surface area contributed by atoms with E-state index in [4.69, 9.17) is 9.47 Å². The number of carbonyl (C=O) groups is 2.